The predicted molar refractivity (Wildman–Crippen MR) is 78.5 cm³/mol. The van der Waals surface area contributed by atoms with Crippen LogP contribution < -0.4 is 4.74 Å². The van der Waals surface area contributed by atoms with Crippen LogP contribution in [0.4, 0.5) is 0 Å². The number of aromatic nitrogens is 1. The summed E-state index contributed by atoms with van der Waals surface area (Å²) in [4.78, 5) is 3.40. The van der Waals surface area contributed by atoms with E-state index in [1.807, 2.05) is 18.2 Å². The first-order chi connectivity index (χ1) is 9.24. The highest BCUT2D eigenvalue weighted by molar-refractivity contribution is 5.83. The van der Waals surface area contributed by atoms with Gasteiger partial charge in [-0.05, 0) is 43.2 Å². The fraction of sp³-hybridized carbons (Fsp3) is 0.176. The molecule has 0 atom stereocenters. The molecule has 96 valence electrons. The summed E-state index contributed by atoms with van der Waals surface area (Å²) in [5, 5.41) is 1.27. The molecule has 0 fully saturated rings. The van der Waals surface area contributed by atoms with Crippen LogP contribution in [0.5, 0.6) is 5.75 Å². The lowest BCUT2D eigenvalue weighted by molar-refractivity contribution is 0.300. The molecule has 1 aromatic heterocycles. The molecular weight excluding hydrogens is 234 g/mol. The van der Waals surface area contributed by atoms with Crippen LogP contribution in [0.25, 0.3) is 10.9 Å². The Bertz CT molecular complexity index is 712. The Morgan fingerprint density at radius 2 is 1.74 bits per heavy atom. The highest BCUT2D eigenvalue weighted by Crippen LogP contribution is 2.21. The summed E-state index contributed by atoms with van der Waals surface area (Å²) in [6.07, 6.45) is 0. The number of ether oxygens (including phenoxy) is 1. The molecule has 0 aliphatic rings. The van der Waals surface area contributed by atoms with Crippen LogP contribution >= 0.6 is 0 Å². The van der Waals surface area contributed by atoms with Gasteiger partial charge in [-0.15, -0.1) is 0 Å². The largest absolute Gasteiger partial charge is 0.487 e. The van der Waals surface area contributed by atoms with Gasteiger partial charge in [-0.1, -0.05) is 30.3 Å². The third-order valence-corrected chi connectivity index (χ3v) is 3.41. The molecule has 3 aromatic rings. The zero-order chi connectivity index (χ0) is 13.2. The zero-order valence-electron chi connectivity index (χ0n) is 11.2. The molecule has 0 saturated heterocycles. The number of fused-ring (bicyclic) bond motifs is 1. The van der Waals surface area contributed by atoms with E-state index in [2.05, 4.69) is 49.2 Å². The van der Waals surface area contributed by atoms with Gasteiger partial charge in [0.25, 0.3) is 0 Å². The number of hydrogen-bond acceptors (Lipinski definition) is 1. The van der Waals surface area contributed by atoms with Crippen LogP contribution in [0, 0.1) is 13.8 Å². The Balaban J connectivity index is 1.83. The van der Waals surface area contributed by atoms with Gasteiger partial charge in [-0.3, -0.25) is 0 Å². The number of H-pyrrole nitrogens is 1. The van der Waals surface area contributed by atoms with Gasteiger partial charge in [0, 0.05) is 10.9 Å². The van der Waals surface area contributed by atoms with E-state index in [4.69, 9.17) is 4.74 Å². The Morgan fingerprint density at radius 3 is 2.53 bits per heavy atom. The number of benzene rings is 2. The maximum atomic E-state index is 5.86. The van der Waals surface area contributed by atoms with Crippen LogP contribution in [0.3, 0.4) is 0 Å². The number of hydrogen-bond donors (Lipinski definition) is 1. The molecule has 3 rings (SSSR count). The lowest BCUT2D eigenvalue weighted by Crippen LogP contribution is -1.96. The molecule has 19 heavy (non-hydrogen) atoms. The standard InChI is InChI=1S/C17H17NO/c1-12-7-5-8-16-15(12)10-14(18-16)11-19-17-9-4-3-6-13(17)2/h3-10,18H,11H2,1-2H3. The number of aromatic amines is 1. The molecule has 1 N–H and O–H groups in total. The minimum absolute atomic E-state index is 0.568. The van der Waals surface area contributed by atoms with Crippen molar-refractivity contribution in [1.82, 2.24) is 4.98 Å². The van der Waals surface area contributed by atoms with Gasteiger partial charge in [-0.25, -0.2) is 0 Å². The average molecular weight is 251 g/mol. The van der Waals surface area contributed by atoms with Crippen LogP contribution in [-0.4, -0.2) is 4.98 Å². The SMILES string of the molecule is Cc1ccccc1OCc1cc2c(C)cccc2[nH]1. The molecular formula is C17H17NO. The van der Waals surface area contributed by atoms with E-state index < -0.39 is 0 Å². The normalized spacial score (nSPS) is 10.8. The smallest absolute Gasteiger partial charge is 0.128 e. The van der Waals surface area contributed by atoms with Gasteiger partial charge in [0.05, 0.1) is 5.69 Å². The number of para-hydroxylation sites is 1. The maximum absolute atomic E-state index is 5.86. The molecule has 0 saturated carbocycles. The van der Waals surface area contributed by atoms with E-state index in [1.165, 1.54) is 16.5 Å². The summed E-state index contributed by atoms with van der Waals surface area (Å²) in [6.45, 7) is 4.76. The fourth-order valence-corrected chi connectivity index (χ4v) is 2.32. The molecule has 0 spiro atoms. The van der Waals surface area contributed by atoms with Crippen molar-refractivity contribution in [2.75, 3.05) is 0 Å². The minimum Gasteiger partial charge on any atom is -0.487 e. The highest BCUT2D eigenvalue weighted by atomic mass is 16.5. The zero-order valence-corrected chi connectivity index (χ0v) is 11.2. The van der Waals surface area contributed by atoms with E-state index in [-0.39, 0.29) is 0 Å². The van der Waals surface area contributed by atoms with Crippen LogP contribution in [0.1, 0.15) is 16.8 Å². The third kappa shape index (κ3) is 2.34. The lowest BCUT2D eigenvalue weighted by atomic mass is 10.1. The first-order valence-electron chi connectivity index (χ1n) is 6.50. The van der Waals surface area contributed by atoms with E-state index in [9.17, 15) is 0 Å². The summed E-state index contributed by atoms with van der Waals surface area (Å²) in [5.74, 6) is 0.942. The molecule has 1 heterocycles. The van der Waals surface area contributed by atoms with Gasteiger partial charge in [0.1, 0.15) is 12.4 Å². The van der Waals surface area contributed by atoms with E-state index in [0.717, 1.165) is 17.0 Å². The van der Waals surface area contributed by atoms with E-state index in [1.54, 1.807) is 0 Å². The second-order valence-corrected chi connectivity index (χ2v) is 4.88. The van der Waals surface area contributed by atoms with Crippen molar-refractivity contribution in [3.05, 3.63) is 65.4 Å². The van der Waals surface area contributed by atoms with Gasteiger partial charge in [0.2, 0.25) is 0 Å². The van der Waals surface area contributed by atoms with Crippen molar-refractivity contribution in [2.24, 2.45) is 0 Å². The second-order valence-electron chi connectivity index (χ2n) is 4.88. The molecule has 0 aliphatic heterocycles. The molecule has 0 radical (unpaired) electrons. The van der Waals surface area contributed by atoms with Gasteiger partial charge < -0.3 is 9.72 Å². The van der Waals surface area contributed by atoms with Crippen molar-refractivity contribution < 1.29 is 4.74 Å². The van der Waals surface area contributed by atoms with Crippen LogP contribution in [-0.2, 0) is 6.61 Å². The van der Waals surface area contributed by atoms with Crippen LogP contribution in [0.2, 0.25) is 0 Å². The second kappa shape index (κ2) is 4.81. The Morgan fingerprint density at radius 1 is 0.947 bits per heavy atom. The summed E-state index contributed by atoms with van der Waals surface area (Å²) in [5.41, 5.74) is 4.72. The molecule has 2 aromatic carbocycles. The van der Waals surface area contributed by atoms with Gasteiger partial charge >= 0.3 is 0 Å². The third-order valence-electron chi connectivity index (χ3n) is 3.41. The minimum atomic E-state index is 0.568. The molecule has 0 amide bonds. The summed E-state index contributed by atoms with van der Waals surface area (Å²) >= 11 is 0. The van der Waals surface area contributed by atoms with Crippen molar-refractivity contribution >= 4 is 10.9 Å². The number of rotatable bonds is 3. The van der Waals surface area contributed by atoms with Crippen molar-refractivity contribution in [3.63, 3.8) is 0 Å². The molecule has 0 aliphatic carbocycles. The van der Waals surface area contributed by atoms with E-state index in [0.29, 0.717) is 6.61 Å². The predicted octanol–water partition coefficient (Wildman–Crippen LogP) is 4.36. The molecule has 0 unspecified atom stereocenters. The fourth-order valence-electron chi connectivity index (χ4n) is 2.32. The van der Waals surface area contributed by atoms with Crippen molar-refractivity contribution in [1.29, 1.82) is 0 Å². The topological polar surface area (TPSA) is 25.0 Å². The molecule has 2 nitrogen and oxygen atoms in total. The monoisotopic (exact) mass is 251 g/mol. The van der Waals surface area contributed by atoms with Gasteiger partial charge in [-0.2, -0.15) is 0 Å². The number of nitrogens with one attached hydrogen (secondary N) is 1. The van der Waals surface area contributed by atoms with Crippen molar-refractivity contribution in [2.45, 2.75) is 20.5 Å². The maximum Gasteiger partial charge on any atom is 0.128 e. The Labute approximate surface area is 113 Å². The quantitative estimate of drug-likeness (QED) is 0.735. The van der Waals surface area contributed by atoms with Crippen LogP contribution in [0.15, 0.2) is 48.5 Å². The number of aryl methyl sites for hydroxylation is 2. The van der Waals surface area contributed by atoms with Crippen molar-refractivity contribution in [3.8, 4) is 5.75 Å². The van der Waals surface area contributed by atoms with E-state index >= 15 is 0 Å². The molecule has 0 bridgehead atoms. The van der Waals surface area contributed by atoms with Gasteiger partial charge in [0.15, 0.2) is 0 Å². The summed E-state index contributed by atoms with van der Waals surface area (Å²) in [7, 11) is 0. The Kier molecular flexibility index (Phi) is 3.00. The first-order valence-corrected chi connectivity index (χ1v) is 6.50. The Hall–Kier alpha value is -2.22. The summed E-state index contributed by atoms with van der Waals surface area (Å²) in [6, 6.07) is 16.5. The first kappa shape index (κ1) is 11.8. The highest BCUT2D eigenvalue weighted by Gasteiger charge is 2.04. The average Bonchev–Trinajstić information content (AvgIpc) is 2.82. The molecule has 2 heteroatoms. The summed E-state index contributed by atoms with van der Waals surface area (Å²) < 4.78 is 5.86. The lowest BCUT2D eigenvalue weighted by Gasteiger charge is -2.07.